The molecule has 14 heteroatoms. The Balaban J connectivity index is 8.25. The van der Waals surface area contributed by atoms with Crippen LogP contribution in [0.1, 0.15) is 102 Å². The first-order chi connectivity index (χ1) is 21.8. The molecule has 0 aliphatic carbocycles. The normalized spacial score (nSPS) is 18.4. The third kappa shape index (κ3) is 10.9. The van der Waals surface area contributed by atoms with Crippen LogP contribution in [0.3, 0.4) is 0 Å². The van der Waals surface area contributed by atoms with Crippen LogP contribution in [-0.2, 0) is 28.8 Å². The lowest BCUT2D eigenvalue weighted by Crippen LogP contribution is -2.76. The van der Waals surface area contributed by atoms with Crippen molar-refractivity contribution in [3.05, 3.63) is 0 Å². The summed E-state index contributed by atoms with van der Waals surface area (Å²) in [4.78, 5) is 84.1. The Morgan fingerprint density at radius 2 is 1.17 bits per heavy atom. The fourth-order valence-electron chi connectivity index (χ4n) is 5.74. The topological polar surface area (TPSA) is 265 Å². The molecule has 0 radical (unpaired) electrons. The Bertz CT molecular complexity index is 1140. The number of Topliss-reactive ketones (excluding diaryl/α,β-unsaturated/α-hetero) is 3. The maximum Gasteiger partial charge on any atom is 0.328 e. The van der Waals surface area contributed by atoms with Gasteiger partial charge in [-0.1, -0.05) is 69.2 Å². The van der Waals surface area contributed by atoms with Gasteiger partial charge >= 0.3 is 5.97 Å². The summed E-state index contributed by atoms with van der Waals surface area (Å²) >= 11 is 0. The SMILES string of the molecule is CC(C)CC(=O)C(O)(C(CC(C)C)NC(=O)[C@H](C)N)C(C(=O)O)(C(=O)CC(O)C(N)CC(C)C)C(=O)[C@@H](NC(=O)[C@@H](N)C(C)C)C(C)C. The summed E-state index contributed by atoms with van der Waals surface area (Å²) in [5, 5.41) is 40.0. The molecule has 0 aromatic carbocycles. The van der Waals surface area contributed by atoms with Gasteiger partial charge < -0.3 is 43.2 Å². The van der Waals surface area contributed by atoms with E-state index in [1.54, 1.807) is 41.5 Å². The second-order valence-electron chi connectivity index (χ2n) is 15.2. The number of aliphatic carboxylic acids is 1. The molecule has 278 valence electrons. The van der Waals surface area contributed by atoms with Crippen molar-refractivity contribution < 1.29 is 44.1 Å². The van der Waals surface area contributed by atoms with Gasteiger partial charge in [-0.25, -0.2) is 0 Å². The van der Waals surface area contributed by atoms with Gasteiger partial charge in [0.25, 0.3) is 0 Å². The first kappa shape index (κ1) is 45.2. The number of aliphatic hydroxyl groups is 2. The Kier molecular flexibility index (Phi) is 17.7. The monoisotopic (exact) mass is 685 g/mol. The molecule has 0 aromatic heterocycles. The van der Waals surface area contributed by atoms with Crippen molar-refractivity contribution in [2.45, 2.75) is 144 Å². The number of rotatable bonds is 22. The second-order valence-corrected chi connectivity index (χ2v) is 15.2. The third-order valence-corrected chi connectivity index (χ3v) is 8.54. The van der Waals surface area contributed by atoms with Gasteiger partial charge in [-0.15, -0.1) is 0 Å². The van der Waals surface area contributed by atoms with Crippen LogP contribution in [0.4, 0.5) is 0 Å². The quantitative estimate of drug-likeness (QED) is 0.0731. The van der Waals surface area contributed by atoms with E-state index in [2.05, 4.69) is 10.6 Å². The summed E-state index contributed by atoms with van der Waals surface area (Å²) in [5.74, 6) is -10.4. The minimum absolute atomic E-state index is 0.0326. The summed E-state index contributed by atoms with van der Waals surface area (Å²) in [6, 6.07) is -6.94. The zero-order chi connectivity index (χ0) is 38.1. The van der Waals surface area contributed by atoms with Gasteiger partial charge in [0, 0.05) is 18.9 Å². The van der Waals surface area contributed by atoms with Gasteiger partial charge in [0.05, 0.1) is 30.3 Å². The molecule has 0 saturated carbocycles. The highest BCUT2D eigenvalue weighted by molar-refractivity contribution is 6.28. The van der Waals surface area contributed by atoms with Gasteiger partial charge in [-0.3, -0.25) is 28.8 Å². The van der Waals surface area contributed by atoms with Crippen molar-refractivity contribution in [3.8, 4) is 0 Å². The van der Waals surface area contributed by atoms with Crippen molar-refractivity contribution in [2.24, 2.45) is 52.2 Å². The average Bonchev–Trinajstić information content (AvgIpc) is 2.93. The number of nitrogens with one attached hydrogen (secondary N) is 2. The summed E-state index contributed by atoms with van der Waals surface area (Å²) < 4.78 is 0. The van der Waals surface area contributed by atoms with Crippen molar-refractivity contribution in [2.75, 3.05) is 0 Å². The van der Waals surface area contributed by atoms with Gasteiger partial charge in [0.2, 0.25) is 17.2 Å². The third-order valence-electron chi connectivity index (χ3n) is 8.54. The van der Waals surface area contributed by atoms with E-state index in [1.165, 1.54) is 20.8 Å². The highest BCUT2D eigenvalue weighted by Gasteiger charge is 2.73. The lowest BCUT2D eigenvalue weighted by Gasteiger charge is -2.48. The molecule has 0 fully saturated rings. The smallest absolute Gasteiger partial charge is 0.328 e. The van der Waals surface area contributed by atoms with Crippen LogP contribution >= 0.6 is 0 Å². The van der Waals surface area contributed by atoms with E-state index in [4.69, 9.17) is 17.2 Å². The molecule has 0 aromatic rings. The maximum absolute atomic E-state index is 15.0. The minimum atomic E-state index is -3.65. The molecule has 5 unspecified atom stereocenters. The molecule has 14 nitrogen and oxygen atoms in total. The number of hydrogen-bond acceptors (Lipinski definition) is 11. The van der Waals surface area contributed by atoms with Crippen LogP contribution in [0.25, 0.3) is 0 Å². The number of hydrogen-bond donors (Lipinski definition) is 8. The number of carbonyl (C=O) groups is 6. The van der Waals surface area contributed by atoms with E-state index in [-0.39, 0.29) is 18.8 Å². The lowest BCUT2D eigenvalue weighted by atomic mass is 9.56. The number of amides is 2. The van der Waals surface area contributed by atoms with Gasteiger partial charge in [-0.05, 0) is 49.4 Å². The number of nitrogens with two attached hydrogens (primary N) is 3. The zero-order valence-electron chi connectivity index (χ0n) is 30.7. The Morgan fingerprint density at radius 1 is 0.667 bits per heavy atom. The number of carboxylic acid groups (broad SMARTS) is 1. The molecule has 11 N–H and O–H groups in total. The van der Waals surface area contributed by atoms with E-state index in [0.29, 0.717) is 0 Å². The fourth-order valence-corrected chi connectivity index (χ4v) is 5.74. The van der Waals surface area contributed by atoms with E-state index >= 15 is 0 Å². The van der Waals surface area contributed by atoms with E-state index in [9.17, 15) is 44.1 Å². The van der Waals surface area contributed by atoms with Crippen molar-refractivity contribution >= 4 is 35.1 Å². The predicted octanol–water partition coefficient (Wildman–Crippen LogP) is 0.669. The van der Waals surface area contributed by atoms with Crippen LogP contribution in [0.15, 0.2) is 0 Å². The van der Waals surface area contributed by atoms with Crippen LogP contribution in [0.5, 0.6) is 0 Å². The van der Waals surface area contributed by atoms with E-state index in [1.807, 2.05) is 13.8 Å². The van der Waals surface area contributed by atoms with Gasteiger partial charge in [-0.2, -0.15) is 0 Å². The molecule has 0 rings (SSSR count). The number of carboxylic acids is 1. The van der Waals surface area contributed by atoms with Gasteiger partial charge in [0.1, 0.15) is 0 Å². The summed E-state index contributed by atoms with van der Waals surface area (Å²) in [6.45, 7) is 17.8. The first-order valence-corrected chi connectivity index (χ1v) is 16.9. The Morgan fingerprint density at radius 3 is 1.54 bits per heavy atom. The van der Waals surface area contributed by atoms with E-state index in [0.717, 1.165) is 0 Å². The van der Waals surface area contributed by atoms with Crippen molar-refractivity contribution in [1.29, 1.82) is 0 Å². The molecule has 8 atom stereocenters. The summed E-state index contributed by atoms with van der Waals surface area (Å²) in [6.07, 6.45) is -3.26. The molecule has 0 heterocycles. The van der Waals surface area contributed by atoms with Gasteiger partial charge in [0.15, 0.2) is 23.0 Å². The highest BCUT2D eigenvalue weighted by atomic mass is 16.4. The second kappa shape index (κ2) is 18.8. The molecule has 0 bridgehead atoms. The highest BCUT2D eigenvalue weighted by Crippen LogP contribution is 2.44. The number of aliphatic hydroxyl groups excluding tert-OH is 1. The molecule has 48 heavy (non-hydrogen) atoms. The summed E-state index contributed by atoms with van der Waals surface area (Å²) in [7, 11) is 0. The largest absolute Gasteiger partial charge is 0.480 e. The molecule has 0 spiro atoms. The number of carbonyl (C=O) groups excluding carboxylic acids is 5. The predicted molar refractivity (Wildman–Crippen MR) is 182 cm³/mol. The molecule has 0 saturated heterocycles. The number of ketones is 3. The maximum atomic E-state index is 15.0. The van der Waals surface area contributed by atoms with Crippen LogP contribution in [0.2, 0.25) is 0 Å². The fraction of sp³-hybridized carbons (Fsp3) is 0.824. The summed E-state index contributed by atoms with van der Waals surface area (Å²) in [5.41, 5.74) is 10.9. The van der Waals surface area contributed by atoms with Crippen molar-refractivity contribution in [3.63, 3.8) is 0 Å². The zero-order valence-corrected chi connectivity index (χ0v) is 30.7. The van der Waals surface area contributed by atoms with Crippen molar-refractivity contribution in [1.82, 2.24) is 10.6 Å². The molecular weight excluding hydrogens is 622 g/mol. The van der Waals surface area contributed by atoms with Crippen LogP contribution < -0.4 is 27.8 Å². The Hall–Kier alpha value is -2.78. The Labute approximate surface area is 285 Å². The molecule has 0 aliphatic rings. The molecular formula is C34H63N5O9. The molecule has 2 amide bonds. The first-order valence-electron chi connectivity index (χ1n) is 16.9. The standard InChI is InChI=1S/C34H63N5O9/c1-16(2)12-22(36)23(40)15-25(41)33(32(46)47,29(43)28(20(9)10)39-31(45)27(37)19(7)8)34(48,26(42)14-18(5)6)24(13-17(3)4)38-30(44)21(11)35/h16-24,27-28,40,48H,12-15,35-37H2,1-11H3,(H,38,44)(H,39,45)(H,46,47)/t21-,22?,23?,24?,27-,28-,33?,34?/m0/s1. The van der Waals surface area contributed by atoms with Crippen LogP contribution in [-0.4, -0.2) is 92.4 Å². The molecule has 0 aliphatic heterocycles. The van der Waals surface area contributed by atoms with E-state index < -0.39 is 119 Å². The minimum Gasteiger partial charge on any atom is -0.480 e. The average molecular weight is 686 g/mol. The van der Waals surface area contributed by atoms with Crippen LogP contribution in [0, 0.1) is 35.0 Å². The lowest BCUT2D eigenvalue weighted by molar-refractivity contribution is -0.192.